The zero-order chi connectivity index (χ0) is 21.1. The highest BCUT2D eigenvalue weighted by atomic mass is 16.2. The van der Waals surface area contributed by atoms with E-state index in [1.807, 2.05) is 24.3 Å². The number of carbonyl (C=O) groups is 3. The smallest absolute Gasteiger partial charge is 0.319 e. The average Bonchev–Trinajstić information content (AvgIpc) is 2.99. The Morgan fingerprint density at radius 2 is 1.77 bits per heavy atom. The van der Waals surface area contributed by atoms with Crippen molar-refractivity contribution in [1.29, 1.82) is 0 Å². The number of nitrogens with one attached hydrogen (secondary N) is 1. The molecule has 0 radical (unpaired) electrons. The lowest BCUT2D eigenvalue weighted by atomic mass is 9.92. The number of carbonyl (C=O) groups excluding carboxylic acids is 3. The van der Waals surface area contributed by atoms with Gasteiger partial charge in [-0.05, 0) is 37.5 Å². The number of aromatic nitrogens is 1. The summed E-state index contributed by atoms with van der Waals surface area (Å²) in [5, 5.41) is 2.74. The van der Waals surface area contributed by atoms with Crippen molar-refractivity contribution in [3.63, 3.8) is 0 Å². The van der Waals surface area contributed by atoms with Gasteiger partial charge in [0.05, 0.1) is 6.04 Å². The molecule has 4 rings (SSSR count). The molecule has 156 valence electrons. The molecule has 0 bridgehead atoms. The Labute approximate surface area is 175 Å². The van der Waals surface area contributed by atoms with E-state index in [4.69, 9.17) is 4.99 Å². The van der Waals surface area contributed by atoms with Crippen LogP contribution in [0.2, 0.25) is 0 Å². The maximum absolute atomic E-state index is 13.1. The van der Waals surface area contributed by atoms with Gasteiger partial charge in [0, 0.05) is 6.20 Å². The van der Waals surface area contributed by atoms with E-state index in [0.717, 1.165) is 30.6 Å². The molecule has 7 nitrogen and oxygen atoms in total. The molecule has 1 aliphatic heterocycles. The Morgan fingerprint density at radius 3 is 2.50 bits per heavy atom. The molecule has 30 heavy (non-hydrogen) atoms. The van der Waals surface area contributed by atoms with Crippen LogP contribution in [0.1, 0.15) is 49.4 Å². The highest BCUT2D eigenvalue weighted by Crippen LogP contribution is 2.28. The fraction of sp³-hybridized carbons (Fsp3) is 0.391. The Kier molecular flexibility index (Phi) is 5.53. The van der Waals surface area contributed by atoms with Crippen LogP contribution >= 0.6 is 0 Å². The number of rotatable bonds is 4. The van der Waals surface area contributed by atoms with Gasteiger partial charge in [0.2, 0.25) is 0 Å². The SMILES string of the molecule is CC1(c2ccccc2)NC(=O)N(CC(=O)n2ccccc2=NC2CCCCC2)C1=O. The lowest BCUT2D eigenvalue weighted by Crippen LogP contribution is -2.43. The first-order valence-electron chi connectivity index (χ1n) is 10.4. The summed E-state index contributed by atoms with van der Waals surface area (Å²) in [6.07, 6.45) is 7.20. The lowest BCUT2D eigenvalue weighted by Gasteiger charge is -2.22. The molecule has 1 N–H and O–H groups in total. The molecule has 2 fully saturated rings. The Balaban J connectivity index is 1.57. The molecule has 2 heterocycles. The molecule has 1 saturated heterocycles. The highest BCUT2D eigenvalue weighted by molar-refractivity contribution is 6.09. The number of nitrogens with zero attached hydrogens (tertiary/aromatic N) is 3. The van der Waals surface area contributed by atoms with Gasteiger partial charge in [-0.25, -0.2) is 4.79 Å². The molecule has 1 aromatic heterocycles. The van der Waals surface area contributed by atoms with Gasteiger partial charge in [-0.2, -0.15) is 0 Å². The standard InChI is InChI=1S/C23H26N4O3/c1-23(17-10-4-2-5-11-17)21(29)27(22(30)25-23)16-20(28)26-15-9-8-14-19(26)24-18-12-6-3-7-13-18/h2,4-5,8-11,14-15,18H,3,6-7,12-13,16H2,1H3,(H,25,30). The second-order valence-corrected chi connectivity index (χ2v) is 8.06. The molecule has 1 aromatic carbocycles. The van der Waals surface area contributed by atoms with E-state index in [-0.39, 0.29) is 18.5 Å². The maximum Gasteiger partial charge on any atom is 0.325 e. The second-order valence-electron chi connectivity index (χ2n) is 8.06. The molecular weight excluding hydrogens is 380 g/mol. The minimum absolute atomic E-state index is 0.207. The van der Waals surface area contributed by atoms with Crippen LogP contribution in [-0.2, 0) is 10.3 Å². The zero-order valence-electron chi connectivity index (χ0n) is 17.1. The van der Waals surface area contributed by atoms with Gasteiger partial charge >= 0.3 is 6.03 Å². The molecule has 3 amide bonds. The summed E-state index contributed by atoms with van der Waals surface area (Å²) in [6.45, 7) is 1.32. The summed E-state index contributed by atoms with van der Waals surface area (Å²) in [6, 6.07) is 14.1. The van der Waals surface area contributed by atoms with Crippen LogP contribution < -0.4 is 10.8 Å². The Bertz CT molecular complexity index is 1020. The molecule has 1 atom stereocenters. The van der Waals surface area contributed by atoms with Gasteiger partial charge in [0.1, 0.15) is 17.6 Å². The predicted molar refractivity (Wildman–Crippen MR) is 112 cm³/mol. The van der Waals surface area contributed by atoms with Gasteiger partial charge in [-0.1, -0.05) is 55.7 Å². The summed E-state index contributed by atoms with van der Waals surface area (Å²) >= 11 is 0. The average molecular weight is 406 g/mol. The van der Waals surface area contributed by atoms with Crippen molar-refractivity contribution in [2.24, 2.45) is 4.99 Å². The first kappa shape index (κ1) is 20.1. The molecular formula is C23H26N4O3. The quantitative estimate of drug-likeness (QED) is 0.793. The first-order chi connectivity index (χ1) is 14.5. The third-order valence-electron chi connectivity index (χ3n) is 5.92. The van der Waals surface area contributed by atoms with E-state index in [1.54, 1.807) is 37.4 Å². The van der Waals surface area contributed by atoms with Crippen LogP contribution in [0.3, 0.4) is 0 Å². The monoisotopic (exact) mass is 406 g/mol. The van der Waals surface area contributed by atoms with E-state index < -0.39 is 17.5 Å². The van der Waals surface area contributed by atoms with Crippen molar-refractivity contribution >= 4 is 17.8 Å². The van der Waals surface area contributed by atoms with Crippen molar-refractivity contribution in [1.82, 2.24) is 14.8 Å². The summed E-state index contributed by atoms with van der Waals surface area (Å²) in [4.78, 5) is 44.4. The predicted octanol–water partition coefficient (Wildman–Crippen LogP) is 2.83. The molecule has 1 unspecified atom stereocenters. The first-order valence-corrected chi connectivity index (χ1v) is 10.4. The number of amides is 3. The zero-order valence-corrected chi connectivity index (χ0v) is 17.1. The third-order valence-corrected chi connectivity index (χ3v) is 5.92. The number of imide groups is 1. The van der Waals surface area contributed by atoms with E-state index in [0.29, 0.717) is 11.1 Å². The largest absolute Gasteiger partial charge is 0.325 e. The van der Waals surface area contributed by atoms with E-state index in [2.05, 4.69) is 5.32 Å². The normalized spacial score (nSPS) is 23.0. The van der Waals surface area contributed by atoms with E-state index in [1.165, 1.54) is 11.0 Å². The fourth-order valence-electron chi connectivity index (χ4n) is 4.17. The van der Waals surface area contributed by atoms with Crippen molar-refractivity contribution in [2.75, 3.05) is 6.54 Å². The van der Waals surface area contributed by atoms with E-state index >= 15 is 0 Å². The van der Waals surface area contributed by atoms with Gasteiger partial charge in [0.25, 0.3) is 11.8 Å². The second kappa shape index (κ2) is 8.26. The summed E-state index contributed by atoms with van der Waals surface area (Å²) < 4.78 is 1.44. The lowest BCUT2D eigenvalue weighted by molar-refractivity contribution is -0.130. The van der Waals surface area contributed by atoms with Gasteiger partial charge in [-0.15, -0.1) is 0 Å². The highest BCUT2D eigenvalue weighted by Gasteiger charge is 2.49. The van der Waals surface area contributed by atoms with E-state index in [9.17, 15) is 14.4 Å². The summed E-state index contributed by atoms with van der Waals surface area (Å²) in [5.74, 6) is -0.805. The topological polar surface area (TPSA) is 83.8 Å². The molecule has 2 aliphatic rings. The van der Waals surface area contributed by atoms with Crippen LogP contribution in [-0.4, -0.2) is 39.9 Å². The molecule has 2 aromatic rings. The molecule has 7 heteroatoms. The minimum Gasteiger partial charge on any atom is -0.319 e. The number of benzene rings is 1. The van der Waals surface area contributed by atoms with Crippen LogP contribution in [0.4, 0.5) is 4.79 Å². The van der Waals surface area contributed by atoms with Crippen LogP contribution in [0, 0.1) is 0 Å². The Morgan fingerprint density at radius 1 is 1.07 bits per heavy atom. The molecule has 0 spiro atoms. The molecule has 1 saturated carbocycles. The van der Waals surface area contributed by atoms with Gasteiger partial charge in [-0.3, -0.25) is 24.0 Å². The van der Waals surface area contributed by atoms with Gasteiger partial charge in [0.15, 0.2) is 0 Å². The molecule has 1 aliphatic carbocycles. The number of hydrogen-bond donors (Lipinski definition) is 1. The minimum atomic E-state index is -1.19. The maximum atomic E-state index is 13.1. The van der Waals surface area contributed by atoms with Gasteiger partial charge < -0.3 is 5.32 Å². The third kappa shape index (κ3) is 3.79. The summed E-state index contributed by atoms with van der Waals surface area (Å²) in [5.41, 5.74) is 0.0564. The summed E-state index contributed by atoms with van der Waals surface area (Å²) in [7, 11) is 0. The fourth-order valence-corrected chi connectivity index (χ4v) is 4.17. The van der Waals surface area contributed by atoms with Crippen LogP contribution in [0.15, 0.2) is 59.7 Å². The van der Waals surface area contributed by atoms with Crippen LogP contribution in [0.5, 0.6) is 0 Å². The van der Waals surface area contributed by atoms with Crippen molar-refractivity contribution in [2.45, 2.75) is 50.6 Å². The van der Waals surface area contributed by atoms with Crippen molar-refractivity contribution < 1.29 is 14.4 Å². The number of hydrogen-bond acceptors (Lipinski definition) is 4. The Hall–Kier alpha value is -3.22. The van der Waals surface area contributed by atoms with Crippen molar-refractivity contribution in [3.05, 3.63) is 65.8 Å². The van der Waals surface area contributed by atoms with Crippen molar-refractivity contribution in [3.8, 4) is 0 Å². The number of pyridine rings is 1. The number of urea groups is 1. The van der Waals surface area contributed by atoms with Crippen LogP contribution in [0.25, 0.3) is 0 Å².